The van der Waals surface area contributed by atoms with Gasteiger partial charge in [-0.05, 0) is 70.9 Å². The van der Waals surface area contributed by atoms with Crippen LogP contribution in [0.2, 0.25) is 0 Å². The van der Waals surface area contributed by atoms with Crippen molar-refractivity contribution in [1.82, 2.24) is 4.57 Å². The lowest BCUT2D eigenvalue weighted by molar-refractivity contribution is 0.0995. The van der Waals surface area contributed by atoms with Crippen molar-refractivity contribution in [2.75, 3.05) is 33.0 Å². The molecule has 0 saturated heterocycles. The maximum atomic E-state index is 13.4. The third-order valence-electron chi connectivity index (χ3n) is 5.13. The van der Waals surface area contributed by atoms with Crippen molar-refractivity contribution in [3.63, 3.8) is 0 Å². The monoisotopic (exact) mass is 486 g/mol. The maximum absolute atomic E-state index is 13.4. The van der Waals surface area contributed by atoms with Crippen LogP contribution in [0.4, 0.5) is 0 Å². The first-order valence-electron chi connectivity index (χ1n) is 11.8. The van der Waals surface area contributed by atoms with E-state index in [-0.39, 0.29) is 5.91 Å². The van der Waals surface area contributed by atoms with Crippen LogP contribution in [0.1, 0.15) is 49.2 Å². The van der Waals surface area contributed by atoms with Gasteiger partial charge in [-0.25, -0.2) is 0 Å². The van der Waals surface area contributed by atoms with Crippen LogP contribution in [-0.2, 0) is 11.3 Å². The first-order chi connectivity index (χ1) is 16.4. The van der Waals surface area contributed by atoms with Gasteiger partial charge in [0.25, 0.3) is 5.91 Å². The second-order valence-electron chi connectivity index (χ2n) is 7.68. The average molecular weight is 487 g/mol. The zero-order valence-corrected chi connectivity index (χ0v) is 21.7. The number of nitrogens with zero attached hydrogens (tertiary/aromatic N) is 2. The largest absolute Gasteiger partial charge is 0.490 e. The van der Waals surface area contributed by atoms with Crippen LogP contribution in [0.3, 0.4) is 0 Å². The molecule has 0 atom stereocenters. The number of aromatic nitrogens is 1. The molecule has 1 amide bonds. The van der Waals surface area contributed by atoms with Crippen LogP contribution in [0.5, 0.6) is 17.2 Å². The average Bonchev–Trinajstić information content (AvgIpc) is 3.13. The summed E-state index contributed by atoms with van der Waals surface area (Å²) in [5, 5.41) is 0. The van der Waals surface area contributed by atoms with E-state index in [1.165, 1.54) is 16.9 Å². The lowest BCUT2D eigenvalue weighted by atomic mass is 10.1. The summed E-state index contributed by atoms with van der Waals surface area (Å²) in [6.45, 7) is 14.9. The number of carbonyl (C=O) groups is 1. The SMILES string of the molecule is CCOCCn1c(=NC(=O)c2cc(OCC)c(OCC)c(OCC)c2)sc2c(C)cc(C)cc21. The molecule has 184 valence electrons. The van der Waals surface area contributed by atoms with E-state index in [2.05, 4.69) is 35.5 Å². The number of carbonyl (C=O) groups excluding carboxylic acids is 1. The molecule has 0 radical (unpaired) electrons. The molecule has 1 aromatic heterocycles. The third kappa shape index (κ3) is 5.80. The Morgan fingerprint density at radius 1 is 0.912 bits per heavy atom. The number of rotatable bonds is 11. The topological polar surface area (TPSA) is 71.3 Å². The Kier molecular flexibility index (Phi) is 9.12. The second kappa shape index (κ2) is 12.0. The maximum Gasteiger partial charge on any atom is 0.279 e. The van der Waals surface area contributed by atoms with E-state index in [0.29, 0.717) is 67.2 Å². The van der Waals surface area contributed by atoms with Crippen LogP contribution in [0.25, 0.3) is 10.2 Å². The minimum Gasteiger partial charge on any atom is -0.490 e. The predicted octanol–water partition coefficient (Wildman–Crippen LogP) is 5.29. The highest BCUT2D eigenvalue weighted by Crippen LogP contribution is 2.39. The predicted molar refractivity (Wildman–Crippen MR) is 136 cm³/mol. The van der Waals surface area contributed by atoms with E-state index in [4.69, 9.17) is 18.9 Å². The molecule has 0 N–H and O–H groups in total. The molecule has 0 bridgehead atoms. The highest BCUT2D eigenvalue weighted by molar-refractivity contribution is 7.16. The van der Waals surface area contributed by atoms with E-state index in [9.17, 15) is 4.79 Å². The summed E-state index contributed by atoms with van der Waals surface area (Å²) in [7, 11) is 0. The van der Waals surface area contributed by atoms with Crippen molar-refractivity contribution in [3.05, 3.63) is 45.8 Å². The smallest absolute Gasteiger partial charge is 0.279 e. The Morgan fingerprint density at radius 3 is 2.15 bits per heavy atom. The molecule has 0 unspecified atom stereocenters. The lowest BCUT2D eigenvalue weighted by Crippen LogP contribution is -2.20. The molecule has 0 aliphatic rings. The molecule has 0 aliphatic carbocycles. The molecule has 8 heteroatoms. The van der Waals surface area contributed by atoms with E-state index < -0.39 is 0 Å². The van der Waals surface area contributed by atoms with Gasteiger partial charge in [-0.1, -0.05) is 17.4 Å². The van der Waals surface area contributed by atoms with Gasteiger partial charge >= 0.3 is 0 Å². The number of fused-ring (bicyclic) bond motifs is 1. The Bertz CT molecular complexity index is 1180. The van der Waals surface area contributed by atoms with Crippen LogP contribution in [-0.4, -0.2) is 43.5 Å². The molecule has 2 aromatic carbocycles. The zero-order valence-electron chi connectivity index (χ0n) is 20.9. The van der Waals surface area contributed by atoms with E-state index >= 15 is 0 Å². The summed E-state index contributed by atoms with van der Waals surface area (Å²) in [4.78, 5) is 18.5. The van der Waals surface area contributed by atoms with Crippen molar-refractivity contribution in [2.45, 2.75) is 48.1 Å². The Labute approximate surface area is 204 Å². The fourth-order valence-corrected chi connectivity index (χ4v) is 4.88. The van der Waals surface area contributed by atoms with Crippen molar-refractivity contribution in [2.24, 2.45) is 4.99 Å². The Morgan fingerprint density at radius 2 is 1.56 bits per heavy atom. The molecule has 0 spiro atoms. The summed E-state index contributed by atoms with van der Waals surface area (Å²) < 4.78 is 26.1. The van der Waals surface area contributed by atoms with Crippen molar-refractivity contribution in [1.29, 1.82) is 0 Å². The summed E-state index contributed by atoms with van der Waals surface area (Å²) in [5.41, 5.74) is 3.78. The number of benzene rings is 2. The molecular formula is C26H34N2O5S. The zero-order chi connectivity index (χ0) is 24.7. The number of hydrogen-bond donors (Lipinski definition) is 0. The van der Waals surface area contributed by atoms with Crippen LogP contribution in [0, 0.1) is 13.8 Å². The van der Waals surface area contributed by atoms with Gasteiger partial charge in [-0.2, -0.15) is 4.99 Å². The lowest BCUT2D eigenvalue weighted by Gasteiger charge is -2.16. The summed E-state index contributed by atoms with van der Waals surface area (Å²) in [5.74, 6) is 1.08. The molecule has 3 rings (SSSR count). The molecule has 7 nitrogen and oxygen atoms in total. The molecule has 0 saturated carbocycles. The molecule has 0 aliphatic heterocycles. The van der Waals surface area contributed by atoms with Crippen molar-refractivity contribution < 1.29 is 23.7 Å². The molecule has 1 heterocycles. The number of amides is 1. The van der Waals surface area contributed by atoms with Crippen LogP contribution < -0.4 is 19.0 Å². The van der Waals surface area contributed by atoms with E-state index in [0.717, 1.165) is 15.8 Å². The number of hydrogen-bond acceptors (Lipinski definition) is 6. The first-order valence-corrected chi connectivity index (χ1v) is 12.6. The summed E-state index contributed by atoms with van der Waals surface area (Å²) in [6.07, 6.45) is 0. The number of aryl methyl sites for hydroxylation is 2. The van der Waals surface area contributed by atoms with E-state index in [1.54, 1.807) is 12.1 Å². The summed E-state index contributed by atoms with van der Waals surface area (Å²) in [6, 6.07) is 7.63. The standard InChI is InChI=1S/C26H34N2O5S/c1-7-30-12-11-28-20-14-17(5)13-18(6)24(20)34-26(28)27-25(29)19-15-21(31-8-2)23(33-10-4)22(16-19)32-9-3/h13-16H,7-12H2,1-6H3. The van der Waals surface area contributed by atoms with Crippen molar-refractivity contribution >= 4 is 27.5 Å². The number of ether oxygens (including phenoxy) is 4. The highest BCUT2D eigenvalue weighted by atomic mass is 32.1. The minimum atomic E-state index is -0.365. The van der Waals surface area contributed by atoms with Gasteiger partial charge in [-0.15, -0.1) is 0 Å². The van der Waals surface area contributed by atoms with Gasteiger partial charge in [0, 0.05) is 18.7 Å². The number of thiazole rings is 1. The fourth-order valence-electron chi connectivity index (χ4n) is 3.78. The molecule has 34 heavy (non-hydrogen) atoms. The summed E-state index contributed by atoms with van der Waals surface area (Å²) >= 11 is 1.51. The molecule has 0 fully saturated rings. The van der Waals surface area contributed by atoms with Crippen molar-refractivity contribution in [3.8, 4) is 17.2 Å². The minimum absolute atomic E-state index is 0.365. The molecule has 3 aromatic rings. The van der Waals surface area contributed by atoms with Gasteiger partial charge in [0.2, 0.25) is 5.75 Å². The van der Waals surface area contributed by atoms with Gasteiger partial charge in [0.05, 0.1) is 36.6 Å². The quantitative estimate of drug-likeness (QED) is 0.344. The Balaban J connectivity index is 2.13. The van der Waals surface area contributed by atoms with Gasteiger partial charge < -0.3 is 23.5 Å². The first kappa shape index (κ1) is 25.8. The normalized spacial score (nSPS) is 11.8. The van der Waals surface area contributed by atoms with Crippen LogP contribution >= 0.6 is 11.3 Å². The van der Waals surface area contributed by atoms with Gasteiger partial charge in [0.1, 0.15) is 0 Å². The van der Waals surface area contributed by atoms with E-state index in [1.807, 2.05) is 27.7 Å². The fraction of sp³-hybridized carbons (Fsp3) is 0.462. The van der Waals surface area contributed by atoms with Gasteiger partial charge in [0.15, 0.2) is 16.3 Å². The van der Waals surface area contributed by atoms with Crippen LogP contribution in [0.15, 0.2) is 29.3 Å². The highest BCUT2D eigenvalue weighted by Gasteiger charge is 2.19. The second-order valence-corrected chi connectivity index (χ2v) is 8.66. The molecular weight excluding hydrogens is 452 g/mol. The Hall–Kier alpha value is -2.84. The van der Waals surface area contributed by atoms with Gasteiger partial charge in [-0.3, -0.25) is 4.79 Å². The third-order valence-corrected chi connectivity index (χ3v) is 6.36.